The molecule has 5 aromatic rings. The van der Waals surface area contributed by atoms with Crippen molar-refractivity contribution in [2.24, 2.45) is 0 Å². The highest BCUT2D eigenvalue weighted by atomic mass is 31.2. The van der Waals surface area contributed by atoms with Gasteiger partial charge in [-0.3, -0.25) is 4.79 Å². The summed E-state index contributed by atoms with van der Waals surface area (Å²) < 4.78 is 11.2. The van der Waals surface area contributed by atoms with Crippen LogP contribution in [0, 0.1) is 11.3 Å². The summed E-state index contributed by atoms with van der Waals surface area (Å²) in [4.78, 5) is 26.5. The fourth-order valence-corrected chi connectivity index (χ4v) is 9.03. The predicted octanol–water partition coefficient (Wildman–Crippen LogP) is 7.88. The van der Waals surface area contributed by atoms with Gasteiger partial charge in [0, 0.05) is 5.56 Å². The van der Waals surface area contributed by atoms with Crippen molar-refractivity contribution in [2.45, 2.75) is 66.4 Å². The van der Waals surface area contributed by atoms with E-state index in [1.165, 1.54) is 19.3 Å². The van der Waals surface area contributed by atoms with E-state index in [0.29, 0.717) is 11.8 Å². The number of rotatable bonds is 11. The monoisotopic (exact) mass is 690 g/mol. The first-order valence-corrected chi connectivity index (χ1v) is 18.8. The molecule has 4 aromatic carbocycles. The van der Waals surface area contributed by atoms with Gasteiger partial charge in [0.2, 0.25) is 11.8 Å². The van der Waals surface area contributed by atoms with Gasteiger partial charge in [0.05, 0.1) is 13.0 Å². The first-order chi connectivity index (χ1) is 24.3. The molecular formula is C41H47N4O4P. The van der Waals surface area contributed by atoms with Crippen molar-refractivity contribution < 1.29 is 18.7 Å². The molecule has 1 heterocycles. The lowest BCUT2D eigenvalue weighted by Crippen LogP contribution is -2.39. The quantitative estimate of drug-likeness (QED) is 0.140. The second-order valence-corrected chi connectivity index (χ2v) is 14.7. The molecule has 9 heteroatoms. The molecule has 1 atom stereocenters. The van der Waals surface area contributed by atoms with E-state index in [9.17, 15) is 14.9 Å². The molecule has 260 valence electrons. The molecule has 0 bridgehead atoms. The summed E-state index contributed by atoms with van der Waals surface area (Å²) >= 11 is 0. The van der Waals surface area contributed by atoms with Gasteiger partial charge in [-0.2, -0.15) is 5.26 Å². The minimum absolute atomic E-state index is 0.0868. The third kappa shape index (κ3) is 10.6. The van der Waals surface area contributed by atoms with Gasteiger partial charge in [-0.1, -0.05) is 156 Å². The van der Waals surface area contributed by atoms with Gasteiger partial charge in [0.1, 0.15) is 17.5 Å². The van der Waals surface area contributed by atoms with Crippen LogP contribution in [0.2, 0.25) is 0 Å². The second-order valence-electron chi connectivity index (χ2n) is 11.4. The number of ether oxygens (including phenoxy) is 1. The molecule has 1 amide bonds. The number of hydrogen-bond donors (Lipinski definition) is 1. The number of nitrogens with one attached hydrogen (secondary N) is 1. The molecule has 8 nitrogen and oxygen atoms in total. The Kier molecular flexibility index (Phi) is 16.4. The SMILES string of the molecule is CC(Cc1nnc(-c2ccccc2)o1)OC(=O)NCC(=O)C(C#N)=P(c1ccccc1)(c1ccccc1)c1ccccc1.CCC.CCCC. The van der Waals surface area contributed by atoms with Crippen molar-refractivity contribution >= 4 is 40.0 Å². The van der Waals surface area contributed by atoms with Crippen molar-refractivity contribution in [2.75, 3.05) is 6.54 Å². The van der Waals surface area contributed by atoms with Gasteiger partial charge in [0.25, 0.3) is 0 Å². The van der Waals surface area contributed by atoms with Gasteiger partial charge in [-0.15, -0.1) is 10.2 Å². The number of ketones is 1. The van der Waals surface area contributed by atoms with Crippen molar-refractivity contribution in [1.82, 2.24) is 15.5 Å². The molecule has 0 aliphatic heterocycles. The van der Waals surface area contributed by atoms with Gasteiger partial charge < -0.3 is 14.5 Å². The van der Waals surface area contributed by atoms with Crippen LogP contribution in [0.1, 0.15) is 59.8 Å². The van der Waals surface area contributed by atoms with E-state index in [0.717, 1.165) is 21.5 Å². The maximum absolute atomic E-state index is 13.8. The summed E-state index contributed by atoms with van der Waals surface area (Å²) in [6.45, 7) is 7.01. The summed E-state index contributed by atoms with van der Waals surface area (Å²) in [7, 11) is 0. The van der Waals surface area contributed by atoms with E-state index < -0.39 is 31.4 Å². The minimum atomic E-state index is -2.89. The Hall–Kier alpha value is -5.25. The molecule has 0 radical (unpaired) electrons. The van der Waals surface area contributed by atoms with E-state index >= 15 is 0 Å². The third-order valence-corrected chi connectivity index (χ3v) is 11.5. The van der Waals surface area contributed by atoms with Gasteiger partial charge >= 0.3 is 6.09 Å². The van der Waals surface area contributed by atoms with E-state index in [1.807, 2.05) is 121 Å². The Morgan fingerprint density at radius 1 is 0.760 bits per heavy atom. The Labute approximate surface area is 296 Å². The number of nitriles is 1. The van der Waals surface area contributed by atoms with E-state index in [4.69, 9.17) is 9.15 Å². The Balaban J connectivity index is 0.000000887. The van der Waals surface area contributed by atoms with E-state index in [1.54, 1.807) is 6.92 Å². The van der Waals surface area contributed by atoms with Gasteiger partial charge in [-0.25, -0.2) is 4.79 Å². The maximum atomic E-state index is 13.8. The zero-order chi connectivity index (χ0) is 36.2. The zero-order valence-electron chi connectivity index (χ0n) is 29.6. The number of amides is 1. The van der Waals surface area contributed by atoms with Crippen molar-refractivity contribution in [3.63, 3.8) is 0 Å². The Morgan fingerprint density at radius 2 is 1.20 bits per heavy atom. The number of benzene rings is 4. The number of unbranched alkanes of at least 4 members (excludes halogenated alkanes) is 1. The Morgan fingerprint density at radius 3 is 1.62 bits per heavy atom. The fourth-order valence-electron chi connectivity index (χ4n) is 4.90. The number of nitrogens with zero attached hydrogens (tertiary/aromatic N) is 3. The molecule has 50 heavy (non-hydrogen) atoms. The lowest BCUT2D eigenvalue weighted by Gasteiger charge is -2.30. The molecule has 0 fully saturated rings. The minimum Gasteiger partial charge on any atom is -0.446 e. The molecule has 1 unspecified atom stereocenters. The second kappa shape index (κ2) is 21.0. The highest BCUT2D eigenvalue weighted by Crippen LogP contribution is 2.46. The van der Waals surface area contributed by atoms with Gasteiger partial charge in [0.15, 0.2) is 5.78 Å². The van der Waals surface area contributed by atoms with Crippen LogP contribution in [-0.4, -0.2) is 40.0 Å². The zero-order valence-corrected chi connectivity index (χ0v) is 30.5. The Bertz CT molecular complexity index is 1730. The normalized spacial score (nSPS) is 11.0. The summed E-state index contributed by atoms with van der Waals surface area (Å²) in [6.07, 6.45) is 2.69. The smallest absolute Gasteiger partial charge is 0.407 e. The van der Waals surface area contributed by atoms with Crippen LogP contribution in [-0.2, 0) is 16.0 Å². The first-order valence-electron chi connectivity index (χ1n) is 17.0. The predicted molar refractivity (Wildman–Crippen MR) is 205 cm³/mol. The molecule has 5 rings (SSSR count). The van der Waals surface area contributed by atoms with Crippen LogP contribution in [0.25, 0.3) is 11.5 Å². The molecule has 0 spiro atoms. The first kappa shape index (κ1) is 39.2. The third-order valence-electron chi connectivity index (χ3n) is 7.29. The lowest BCUT2D eigenvalue weighted by atomic mass is 10.2. The number of aromatic nitrogens is 2. The summed E-state index contributed by atoms with van der Waals surface area (Å²) in [5.74, 6) is 0.208. The lowest BCUT2D eigenvalue weighted by molar-refractivity contribution is -0.111. The highest BCUT2D eigenvalue weighted by molar-refractivity contribution is 7.97. The van der Waals surface area contributed by atoms with Crippen LogP contribution < -0.4 is 21.2 Å². The number of carbonyl (C=O) groups excluding carboxylic acids is 2. The van der Waals surface area contributed by atoms with Crippen molar-refractivity contribution in [3.8, 4) is 17.5 Å². The average Bonchev–Trinajstić information content (AvgIpc) is 3.63. The largest absolute Gasteiger partial charge is 0.446 e. The molecule has 1 N–H and O–H groups in total. The van der Waals surface area contributed by atoms with Crippen LogP contribution in [0.15, 0.2) is 126 Å². The molecule has 0 aliphatic rings. The summed E-state index contributed by atoms with van der Waals surface area (Å²) in [5.41, 5.74) is 0.788. The van der Waals surface area contributed by atoms with E-state index in [2.05, 4.69) is 49.3 Å². The number of carbonyl (C=O) groups is 2. The average molecular weight is 691 g/mol. The topological polar surface area (TPSA) is 118 Å². The molecule has 0 saturated heterocycles. The molecular weight excluding hydrogens is 643 g/mol. The molecule has 0 saturated carbocycles. The van der Waals surface area contributed by atoms with Crippen molar-refractivity contribution in [1.29, 1.82) is 5.26 Å². The number of alkyl carbamates (subject to hydrolysis) is 1. The summed E-state index contributed by atoms with van der Waals surface area (Å²) in [6, 6.07) is 40.4. The van der Waals surface area contributed by atoms with Crippen LogP contribution in [0.4, 0.5) is 4.79 Å². The fraction of sp³-hybridized carbons (Fsp3) is 0.268. The maximum Gasteiger partial charge on any atom is 0.407 e. The standard InChI is InChI=1S/C34H29N4O4P.C4H10.C3H8/c1-25(22-32-37-38-33(42-32)26-14-6-2-7-15-26)41-34(40)36-24-30(39)31(23-35)43(27-16-8-3-9-17-27,28-18-10-4-11-19-28)29-20-12-5-13-21-29;1-3-4-2;1-3-2/h2-21,25H,22,24H2,1H3,(H,36,40);3-4H2,1-2H3;3H2,1-2H3. The van der Waals surface area contributed by atoms with Crippen LogP contribution in [0.3, 0.4) is 0 Å². The number of hydrogen-bond acceptors (Lipinski definition) is 7. The van der Waals surface area contributed by atoms with Crippen molar-refractivity contribution in [3.05, 3.63) is 127 Å². The molecule has 1 aromatic heterocycles. The van der Waals surface area contributed by atoms with Gasteiger partial charge in [-0.05, 0) is 41.9 Å². The van der Waals surface area contributed by atoms with Crippen LogP contribution >= 0.6 is 6.89 Å². The van der Waals surface area contributed by atoms with E-state index in [-0.39, 0.29) is 11.7 Å². The number of Topliss-reactive ketones (excluding diaryl/α,β-unsaturated/α-hetero) is 1. The summed E-state index contributed by atoms with van der Waals surface area (Å²) in [5, 5.41) is 23.8. The van der Waals surface area contributed by atoms with Crippen LogP contribution in [0.5, 0.6) is 0 Å². The highest BCUT2D eigenvalue weighted by Gasteiger charge is 2.33. The molecule has 0 aliphatic carbocycles.